The molecule has 2 nitrogen and oxygen atoms in total. The van der Waals surface area contributed by atoms with Gasteiger partial charge in [-0.2, -0.15) is 0 Å². The number of fused-ring (bicyclic) bond motifs is 4. The number of phenolic OH excluding ortho intramolecular Hbond substituents is 2. The number of rotatable bonds is 0. The van der Waals surface area contributed by atoms with E-state index in [0.29, 0.717) is 11.5 Å². The van der Waals surface area contributed by atoms with E-state index < -0.39 is 0 Å². The minimum atomic E-state index is -0.212. The van der Waals surface area contributed by atoms with Crippen molar-refractivity contribution in [3.63, 3.8) is 0 Å². The van der Waals surface area contributed by atoms with Crippen molar-refractivity contribution in [3.8, 4) is 11.5 Å². The molecule has 23 heavy (non-hydrogen) atoms. The molecule has 0 amide bonds. The fourth-order valence-corrected chi connectivity index (χ4v) is 6.19. The van der Waals surface area contributed by atoms with Crippen LogP contribution in [-0.2, 0) is 18.3 Å². The van der Waals surface area contributed by atoms with Gasteiger partial charge in [0.25, 0.3) is 0 Å². The van der Waals surface area contributed by atoms with Crippen LogP contribution in [0, 0.1) is 21.0 Å². The largest absolute Gasteiger partial charge is 0.507 e. The van der Waals surface area contributed by atoms with E-state index in [1.54, 1.807) is 0 Å². The van der Waals surface area contributed by atoms with Crippen LogP contribution in [-0.4, -0.2) is 10.2 Å². The summed E-state index contributed by atoms with van der Waals surface area (Å²) in [5.74, 6) is 0.847. The van der Waals surface area contributed by atoms with Crippen LogP contribution in [0.15, 0.2) is 12.1 Å². The lowest BCUT2D eigenvalue weighted by Gasteiger charge is -2.29. The molecule has 2 aromatic rings. The Morgan fingerprint density at radius 1 is 0.826 bits per heavy atom. The molecule has 0 fully saturated rings. The number of hydrogen-bond donors (Lipinski definition) is 2. The molecule has 2 aliphatic carbocycles. The van der Waals surface area contributed by atoms with Gasteiger partial charge in [-0.25, -0.2) is 0 Å². The van der Waals surface area contributed by atoms with Crippen LogP contribution >= 0.6 is 45.2 Å². The average molecular weight is 532 g/mol. The molecule has 0 aliphatic heterocycles. The van der Waals surface area contributed by atoms with Crippen molar-refractivity contribution in [1.82, 2.24) is 0 Å². The maximum absolute atomic E-state index is 10.8. The Bertz CT molecular complexity index is 784. The Morgan fingerprint density at radius 3 is 1.61 bits per heavy atom. The van der Waals surface area contributed by atoms with Crippen LogP contribution < -0.4 is 0 Å². The Labute approximate surface area is 163 Å². The molecule has 0 bridgehead atoms. The van der Waals surface area contributed by atoms with Crippen molar-refractivity contribution in [2.75, 3.05) is 0 Å². The Kier molecular flexibility index (Phi) is 3.65. The van der Waals surface area contributed by atoms with E-state index in [4.69, 9.17) is 0 Å². The molecule has 0 aromatic heterocycles. The number of hydrogen-bond acceptors (Lipinski definition) is 2. The van der Waals surface area contributed by atoms with Gasteiger partial charge in [0.05, 0.1) is 7.14 Å². The van der Waals surface area contributed by atoms with E-state index in [1.165, 1.54) is 22.3 Å². The third-order valence-electron chi connectivity index (χ3n) is 5.73. The topological polar surface area (TPSA) is 40.5 Å². The molecule has 2 aromatic carbocycles. The van der Waals surface area contributed by atoms with Crippen LogP contribution in [0.1, 0.15) is 46.2 Å². The zero-order valence-corrected chi connectivity index (χ0v) is 17.4. The van der Waals surface area contributed by atoms with Crippen molar-refractivity contribution < 1.29 is 10.2 Å². The second kappa shape index (κ2) is 5.25. The first-order valence-corrected chi connectivity index (χ1v) is 10.1. The van der Waals surface area contributed by atoms with Crippen molar-refractivity contribution in [2.24, 2.45) is 0 Å². The van der Waals surface area contributed by atoms with Crippen molar-refractivity contribution in [1.29, 1.82) is 0 Å². The summed E-state index contributed by atoms with van der Waals surface area (Å²) in [6.45, 7) is 4.27. The highest BCUT2D eigenvalue weighted by Gasteiger charge is 2.49. The van der Waals surface area contributed by atoms with Crippen LogP contribution in [0.3, 0.4) is 0 Å². The fourth-order valence-electron chi connectivity index (χ4n) is 4.71. The van der Waals surface area contributed by atoms with Gasteiger partial charge in [-0.3, -0.25) is 0 Å². The summed E-state index contributed by atoms with van der Waals surface area (Å²) in [5.41, 5.74) is 7.04. The normalized spacial score (nSPS) is 17.6. The SMILES string of the molecule is Cc1cc(I)c(O)c2c1CCC21CCc2c(C)cc(I)c(O)c21. The molecule has 0 atom stereocenters. The van der Waals surface area contributed by atoms with Crippen LogP contribution in [0.5, 0.6) is 11.5 Å². The lowest BCUT2D eigenvalue weighted by molar-refractivity contribution is 0.413. The highest BCUT2D eigenvalue weighted by Crippen LogP contribution is 2.59. The molecule has 0 radical (unpaired) electrons. The van der Waals surface area contributed by atoms with Gasteiger partial charge in [0, 0.05) is 16.5 Å². The minimum absolute atomic E-state index is 0.212. The van der Waals surface area contributed by atoms with Gasteiger partial charge in [0.2, 0.25) is 0 Å². The maximum Gasteiger partial charge on any atom is 0.133 e. The maximum atomic E-state index is 10.8. The molecule has 120 valence electrons. The zero-order chi connectivity index (χ0) is 16.5. The highest BCUT2D eigenvalue weighted by atomic mass is 127. The number of halogens is 2. The molecule has 0 unspecified atom stereocenters. The lowest BCUT2D eigenvalue weighted by atomic mass is 9.75. The quantitative estimate of drug-likeness (QED) is 0.464. The van der Waals surface area contributed by atoms with Crippen LogP contribution in [0.2, 0.25) is 0 Å². The van der Waals surface area contributed by atoms with Crippen LogP contribution in [0.4, 0.5) is 0 Å². The van der Waals surface area contributed by atoms with E-state index in [2.05, 4.69) is 71.2 Å². The Balaban J connectivity index is 2.09. The average Bonchev–Trinajstić information content (AvgIpc) is 3.06. The van der Waals surface area contributed by atoms with Gasteiger partial charge in [0.1, 0.15) is 11.5 Å². The third kappa shape index (κ3) is 2.03. The summed E-state index contributed by atoms with van der Waals surface area (Å²) in [7, 11) is 0. The lowest BCUT2D eigenvalue weighted by Crippen LogP contribution is -2.22. The zero-order valence-electron chi connectivity index (χ0n) is 13.1. The number of benzene rings is 2. The Morgan fingerprint density at radius 2 is 1.22 bits per heavy atom. The summed E-state index contributed by atoms with van der Waals surface area (Å²) < 4.78 is 1.82. The van der Waals surface area contributed by atoms with Crippen molar-refractivity contribution >= 4 is 45.2 Å². The second-order valence-electron chi connectivity index (χ2n) is 6.84. The minimum Gasteiger partial charge on any atom is -0.507 e. The van der Waals surface area contributed by atoms with E-state index in [-0.39, 0.29) is 5.41 Å². The summed E-state index contributed by atoms with van der Waals surface area (Å²) in [6, 6.07) is 4.15. The van der Waals surface area contributed by atoms with Gasteiger partial charge in [0.15, 0.2) is 0 Å². The van der Waals surface area contributed by atoms with E-state index in [0.717, 1.165) is 44.0 Å². The predicted octanol–water partition coefficient (Wildman–Crippen LogP) is 5.10. The van der Waals surface area contributed by atoms with E-state index in [1.807, 2.05) is 0 Å². The highest BCUT2D eigenvalue weighted by molar-refractivity contribution is 14.1. The van der Waals surface area contributed by atoms with Gasteiger partial charge in [-0.15, -0.1) is 0 Å². The fraction of sp³-hybridized carbons (Fsp3) is 0.368. The summed E-state index contributed by atoms with van der Waals surface area (Å²) >= 11 is 4.44. The van der Waals surface area contributed by atoms with E-state index >= 15 is 0 Å². The number of phenols is 2. The molecular weight excluding hydrogens is 514 g/mol. The molecular formula is C19H18I2O2. The first-order valence-electron chi connectivity index (χ1n) is 7.89. The van der Waals surface area contributed by atoms with Gasteiger partial charge < -0.3 is 10.2 Å². The third-order valence-corrected chi connectivity index (χ3v) is 7.37. The second-order valence-corrected chi connectivity index (χ2v) is 9.16. The standard InChI is InChI=1S/C19H18I2O2/c1-9-7-13(20)17(22)15-11(9)3-5-19(15)6-4-12-10(2)8-14(21)18(23)16(12)19/h7-8,22-23H,3-6H2,1-2H3. The molecule has 4 heteroatoms. The van der Waals surface area contributed by atoms with Crippen LogP contribution in [0.25, 0.3) is 0 Å². The first kappa shape index (κ1) is 16.0. The molecule has 4 rings (SSSR count). The molecule has 0 heterocycles. The smallest absolute Gasteiger partial charge is 0.133 e. The number of aromatic hydroxyl groups is 2. The molecule has 2 N–H and O–H groups in total. The summed E-state index contributed by atoms with van der Waals surface area (Å²) in [6.07, 6.45) is 3.93. The van der Waals surface area contributed by atoms with Gasteiger partial charge >= 0.3 is 0 Å². The van der Waals surface area contributed by atoms with Gasteiger partial charge in [-0.05, 0) is 119 Å². The Hall–Kier alpha value is -0.500. The molecule has 2 aliphatic rings. The first-order chi connectivity index (χ1) is 10.9. The van der Waals surface area contributed by atoms with Crippen molar-refractivity contribution in [2.45, 2.75) is 44.9 Å². The summed E-state index contributed by atoms with van der Waals surface area (Å²) in [4.78, 5) is 0. The van der Waals surface area contributed by atoms with Crippen molar-refractivity contribution in [3.05, 3.63) is 52.7 Å². The monoisotopic (exact) mass is 532 g/mol. The molecule has 1 spiro atoms. The summed E-state index contributed by atoms with van der Waals surface area (Å²) in [5, 5.41) is 21.7. The predicted molar refractivity (Wildman–Crippen MR) is 109 cm³/mol. The van der Waals surface area contributed by atoms with Gasteiger partial charge in [-0.1, -0.05) is 0 Å². The van der Waals surface area contributed by atoms with E-state index in [9.17, 15) is 10.2 Å². The molecule has 0 saturated carbocycles. The molecule has 0 saturated heterocycles. The number of aryl methyl sites for hydroxylation is 2.